The number of nitrogen functional groups attached to an aromatic ring is 2. The summed E-state index contributed by atoms with van der Waals surface area (Å²) in [6, 6.07) is 1.75. The monoisotopic (exact) mass is 202 g/mol. The fraction of sp³-hybridized carbons (Fsp3) is 0. The van der Waals surface area contributed by atoms with Gasteiger partial charge in [0.1, 0.15) is 5.82 Å². The van der Waals surface area contributed by atoms with E-state index in [1.807, 2.05) is 0 Å². The molecule has 1 aromatic rings. The van der Waals surface area contributed by atoms with Crippen LogP contribution in [-0.2, 0) is 0 Å². The highest BCUT2D eigenvalue weighted by Gasteiger charge is 1.96. The van der Waals surface area contributed by atoms with E-state index >= 15 is 0 Å². The molecule has 0 aliphatic carbocycles. The highest BCUT2D eigenvalue weighted by atomic mass is 79.9. The lowest BCUT2D eigenvalue weighted by molar-refractivity contribution is 1.27. The van der Waals surface area contributed by atoms with Crippen molar-refractivity contribution >= 4 is 27.4 Å². The summed E-state index contributed by atoms with van der Waals surface area (Å²) in [6.45, 7) is 0. The average molecular weight is 203 g/mol. The van der Waals surface area contributed by atoms with Crippen LogP contribution in [0.3, 0.4) is 0 Å². The zero-order chi connectivity index (χ0) is 7.56. The molecule has 4 nitrogen and oxygen atoms in total. The summed E-state index contributed by atoms with van der Waals surface area (Å²) in [5, 5.41) is 0. The number of hydrogen-bond acceptors (Lipinski definition) is 4. The largest absolute Gasteiger partial charge is 0.382 e. The second-order valence-electron chi connectivity index (χ2n) is 1.73. The van der Waals surface area contributed by atoms with E-state index in [-0.39, 0.29) is 0 Å². The van der Waals surface area contributed by atoms with Crippen LogP contribution >= 0.6 is 15.9 Å². The molecule has 0 amide bonds. The maximum Gasteiger partial charge on any atom is 0.148 e. The smallest absolute Gasteiger partial charge is 0.148 e. The second-order valence-corrected chi connectivity index (χ2v) is 2.65. The molecular weight excluding hydrogens is 196 g/mol. The molecule has 0 bridgehead atoms. The van der Waals surface area contributed by atoms with Gasteiger partial charge in [0.05, 0.1) is 5.69 Å². The number of anilines is 2. The van der Waals surface area contributed by atoms with Crippen molar-refractivity contribution in [3.05, 3.63) is 16.7 Å². The van der Waals surface area contributed by atoms with Crippen LogP contribution in [0.1, 0.15) is 0 Å². The van der Waals surface area contributed by atoms with Crippen LogP contribution in [0.2, 0.25) is 0 Å². The van der Waals surface area contributed by atoms with E-state index in [0.29, 0.717) is 11.5 Å². The van der Waals surface area contributed by atoms with Crippen LogP contribution in [0, 0.1) is 0 Å². The summed E-state index contributed by atoms with van der Waals surface area (Å²) in [6.07, 6.45) is 1.61. The molecule has 0 spiro atoms. The Bertz CT molecular complexity index is 237. The molecule has 1 heterocycles. The van der Waals surface area contributed by atoms with Gasteiger partial charge in [-0.2, -0.15) is 0 Å². The summed E-state index contributed by atoms with van der Waals surface area (Å²) >= 11 is 3.22. The van der Waals surface area contributed by atoms with Crippen molar-refractivity contribution in [2.75, 3.05) is 11.2 Å². The number of nitrogens with two attached hydrogens (primary N) is 2. The number of hydrazine groups is 1. The Morgan fingerprint density at radius 3 is 2.80 bits per heavy atom. The van der Waals surface area contributed by atoms with E-state index in [0.717, 1.165) is 4.47 Å². The van der Waals surface area contributed by atoms with Gasteiger partial charge in [-0.3, -0.25) is 5.84 Å². The standard InChI is InChI=1S/C5H7BrN4/c6-3-1-4(10-8)5(7)9-2-3/h1-2,10H,8H2,(H2,7,9). The molecule has 0 aliphatic heterocycles. The third-order valence-electron chi connectivity index (χ3n) is 1.04. The summed E-state index contributed by atoms with van der Waals surface area (Å²) in [4.78, 5) is 3.84. The van der Waals surface area contributed by atoms with Gasteiger partial charge in [0.2, 0.25) is 0 Å². The Balaban J connectivity index is 3.09. The molecule has 0 saturated carbocycles. The first-order valence-electron chi connectivity index (χ1n) is 2.61. The van der Waals surface area contributed by atoms with Crippen molar-refractivity contribution in [1.29, 1.82) is 0 Å². The number of nitrogens with one attached hydrogen (secondary N) is 1. The zero-order valence-corrected chi connectivity index (χ0v) is 6.72. The molecule has 54 valence electrons. The number of aromatic nitrogens is 1. The highest BCUT2D eigenvalue weighted by Crippen LogP contribution is 2.18. The predicted molar refractivity (Wildman–Crippen MR) is 44.2 cm³/mol. The molecule has 0 aromatic carbocycles. The Labute approximate surface area is 66.7 Å². The summed E-state index contributed by atoms with van der Waals surface area (Å²) < 4.78 is 0.842. The first-order valence-corrected chi connectivity index (χ1v) is 3.41. The van der Waals surface area contributed by atoms with Crippen molar-refractivity contribution in [2.24, 2.45) is 5.84 Å². The highest BCUT2D eigenvalue weighted by molar-refractivity contribution is 9.10. The lowest BCUT2D eigenvalue weighted by atomic mass is 10.4. The van der Waals surface area contributed by atoms with E-state index in [2.05, 4.69) is 26.3 Å². The van der Waals surface area contributed by atoms with Crippen molar-refractivity contribution in [2.45, 2.75) is 0 Å². The fourth-order valence-corrected chi connectivity index (χ4v) is 0.897. The minimum Gasteiger partial charge on any atom is -0.382 e. The summed E-state index contributed by atoms with van der Waals surface area (Å²) in [7, 11) is 0. The maximum absolute atomic E-state index is 5.43. The fourth-order valence-electron chi connectivity index (χ4n) is 0.565. The molecule has 5 heteroatoms. The normalized spacial score (nSPS) is 9.40. The average Bonchev–Trinajstić information content (AvgIpc) is 1.94. The Kier molecular flexibility index (Phi) is 2.08. The van der Waals surface area contributed by atoms with Gasteiger partial charge in [-0.05, 0) is 22.0 Å². The molecular formula is C5H7BrN4. The quantitative estimate of drug-likeness (QED) is 0.464. The topological polar surface area (TPSA) is 77.0 Å². The van der Waals surface area contributed by atoms with Crippen molar-refractivity contribution in [3.63, 3.8) is 0 Å². The van der Waals surface area contributed by atoms with Crippen LogP contribution in [0.5, 0.6) is 0 Å². The van der Waals surface area contributed by atoms with Gasteiger partial charge >= 0.3 is 0 Å². The van der Waals surface area contributed by atoms with Crippen LogP contribution in [0.4, 0.5) is 11.5 Å². The third kappa shape index (κ3) is 1.37. The minimum absolute atomic E-state index is 0.394. The lowest BCUT2D eigenvalue weighted by Gasteiger charge is -2.01. The van der Waals surface area contributed by atoms with Crippen LogP contribution in [-0.4, -0.2) is 4.98 Å². The van der Waals surface area contributed by atoms with Gasteiger partial charge in [-0.25, -0.2) is 4.98 Å². The second kappa shape index (κ2) is 2.85. The number of nitrogens with zero attached hydrogens (tertiary/aromatic N) is 1. The summed E-state index contributed by atoms with van der Waals surface area (Å²) in [5.74, 6) is 5.52. The first-order chi connectivity index (χ1) is 4.74. The van der Waals surface area contributed by atoms with E-state index in [1.54, 1.807) is 12.3 Å². The van der Waals surface area contributed by atoms with Crippen molar-refractivity contribution in [1.82, 2.24) is 4.98 Å². The molecule has 10 heavy (non-hydrogen) atoms. The molecule has 0 unspecified atom stereocenters. The van der Waals surface area contributed by atoms with Crippen LogP contribution in [0.25, 0.3) is 0 Å². The van der Waals surface area contributed by atoms with Gasteiger partial charge in [0.25, 0.3) is 0 Å². The molecule has 5 N–H and O–H groups in total. The van der Waals surface area contributed by atoms with Crippen molar-refractivity contribution < 1.29 is 0 Å². The number of hydrogen-bond donors (Lipinski definition) is 3. The van der Waals surface area contributed by atoms with Gasteiger partial charge in [-0.1, -0.05) is 0 Å². The Morgan fingerprint density at radius 1 is 1.60 bits per heavy atom. The Morgan fingerprint density at radius 2 is 2.30 bits per heavy atom. The van der Waals surface area contributed by atoms with E-state index in [9.17, 15) is 0 Å². The molecule has 0 aliphatic rings. The summed E-state index contributed by atoms with van der Waals surface area (Å²) in [5.41, 5.74) is 8.46. The van der Waals surface area contributed by atoms with E-state index < -0.39 is 0 Å². The first kappa shape index (κ1) is 7.30. The SMILES string of the molecule is NNc1cc(Br)cnc1N. The van der Waals surface area contributed by atoms with E-state index in [1.165, 1.54) is 0 Å². The van der Waals surface area contributed by atoms with Gasteiger partial charge < -0.3 is 11.2 Å². The number of pyridine rings is 1. The van der Waals surface area contributed by atoms with Crippen LogP contribution < -0.4 is 17.0 Å². The molecule has 0 saturated heterocycles. The zero-order valence-electron chi connectivity index (χ0n) is 5.13. The molecule has 1 aromatic heterocycles. The maximum atomic E-state index is 5.43. The number of halogens is 1. The van der Waals surface area contributed by atoms with Gasteiger partial charge in [-0.15, -0.1) is 0 Å². The molecule has 0 atom stereocenters. The Hall–Kier alpha value is -0.810. The molecule has 0 radical (unpaired) electrons. The van der Waals surface area contributed by atoms with Crippen molar-refractivity contribution in [3.8, 4) is 0 Å². The lowest BCUT2D eigenvalue weighted by Crippen LogP contribution is -2.09. The minimum atomic E-state index is 0.394. The molecule has 0 fully saturated rings. The van der Waals surface area contributed by atoms with Gasteiger partial charge in [0.15, 0.2) is 0 Å². The molecule has 1 rings (SSSR count). The predicted octanol–water partition coefficient (Wildman–Crippen LogP) is 0.712. The van der Waals surface area contributed by atoms with Crippen LogP contribution in [0.15, 0.2) is 16.7 Å². The van der Waals surface area contributed by atoms with E-state index in [4.69, 9.17) is 11.6 Å². The number of rotatable bonds is 1. The third-order valence-corrected chi connectivity index (χ3v) is 1.47. The van der Waals surface area contributed by atoms with Gasteiger partial charge in [0, 0.05) is 10.7 Å².